The second-order valence-corrected chi connectivity index (χ2v) is 6.80. The number of hydrogen-bond acceptors (Lipinski definition) is 6. The summed E-state index contributed by atoms with van der Waals surface area (Å²) in [5.41, 5.74) is 0. The second-order valence-electron chi connectivity index (χ2n) is 6.80. The summed E-state index contributed by atoms with van der Waals surface area (Å²) in [5.74, 6) is -1.20. The molecule has 0 spiro atoms. The van der Waals surface area contributed by atoms with E-state index in [0.29, 0.717) is 0 Å². The van der Waals surface area contributed by atoms with E-state index in [1.54, 1.807) is 20.8 Å². The first-order valence-electron chi connectivity index (χ1n) is 8.38. The average molecular weight is 330 g/mol. The molecule has 2 heterocycles. The lowest BCUT2D eigenvalue weighted by molar-refractivity contribution is -0.177. The quantitative estimate of drug-likeness (QED) is 0.708. The van der Waals surface area contributed by atoms with Gasteiger partial charge in [0.15, 0.2) is 0 Å². The average Bonchev–Trinajstić information content (AvgIpc) is 2.53. The first-order valence-corrected chi connectivity index (χ1v) is 8.38. The first-order chi connectivity index (χ1) is 10.6. The van der Waals surface area contributed by atoms with E-state index < -0.39 is 12.2 Å². The van der Waals surface area contributed by atoms with E-state index in [0.717, 1.165) is 6.42 Å². The first kappa shape index (κ1) is 19.9. The SMILES string of the molecule is CC[C@@H]1OC(=O)[C@H](C)[C@@H](O)[C@@H]1C.C[C@H]1[C@H](O)[C@@H](C)C(=O)O[C@H]1C. The Bertz CT molecular complexity index is 421. The summed E-state index contributed by atoms with van der Waals surface area (Å²) in [6, 6.07) is 0. The molecule has 0 radical (unpaired) electrons. The minimum atomic E-state index is -0.550. The molecular formula is C17H30O6. The number of esters is 2. The van der Waals surface area contributed by atoms with Crippen LogP contribution in [0.1, 0.15) is 48.0 Å². The van der Waals surface area contributed by atoms with Crippen molar-refractivity contribution < 1.29 is 29.3 Å². The van der Waals surface area contributed by atoms with Crippen LogP contribution in [-0.2, 0) is 19.1 Å². The van der Waals surface area contributed by atoms with Gasteiger partial charge in [0.05, 0.1) is 24.0 Å². The second kappa shape index (κ2) is 8.11. The van der Waals surface area contributed by atoms with E-state index in [1.807, 2.05) is 20.8 Å². The lowest BCUT2D eigenvalue weighted by Crippen LogP contribution is -2.46. The molecule has 0 saturated carbocycles. The van der Waals surface area contributed by atoms with E-state index >= 15 is 0 Å². The summed E-state index contributed by atoms with van der Waals surface area (Å²) in [7, 11) is 0. The van der Waals surface area contributed by atoms with Gasteiger partial charge in [-0.05, 0) is 27.2 Å². The largest absolute Gasteiger partial charge is 0.462 e. The summed E-state index contributed by atoms with van der Waals surface area (Å²) >= 11 is 0. The van der Waals surface area contributed by atoms with Gasteiger partial charge in [-0.15, -0.1) is 0 Å². The molecule has 0 aromatic carbocycles. The van der Waals surface area contributed by atoms with Crippen LogP contribution < -0.4 is 0 Å². The molecule has 0 unspecified atom stereocenters. The maximum Gasteiger partial charge on any atom is 0.311 e. The number of carbonyl (C=O) groups is 2. The zero-order chi connectivity index (χ0) is 17.9. The predicted octanol–water partition coefficient (Wildman–Crippen LogP) is 1.52. The minimum Gasteiger partial charge on any atom is -0.462 e. The molecule has 2 aliphatic heterocycles. The molecule has 23 heavy (non-hydrogen) atoms. The van der Waals surface area contributed by atoms with Crippen LogP contribution in [0.4, 0.5) is 0 Å². The molecule has 6 nitrogen and oxygen atoms in total. The third-order valence-corrected chi connectivity index (χ3v) is 5.14. The molecule has 2 aliphatic rings. The minimum absolute atomic E-state index is 0.0442. The highest BCUT2D eigenvalue weighted by Gasteiger charge is 2.39. The van der Waals surface area contributed by atoms with Crippen molar-refractivity contribution in [1.82, 2.24) is 0 Å². The van der Waals surface area contributed by atoms with Crippen molar-refractivity contribution in [2.24, 2.45) is 23.7 Å². The van der Waals surface area contributed by atoms with Crippen LogP contribution in [0.5, 0.6) is 0 Å². The Hall–Kier alpha value is -1.14. The smallest absolute Gasteiger partial charge is 0.311 e. The molecule has 0 bridgehead atoms. The van der Waals surface area contributed by atoms with Crippen molar-refractivity contribution in [2.45, 2.75) is 72.4 Å². The fourth-order valence-corrected chi connectivity index (χ4v) is 2.90. The summed E-state index contributed by atoms with van der Waals surface area (Å²) in [6.07, 6.45) is -0.587. The van der Waals surface area contributed by atoms with E-state index in [-0.39, 0.29) is 47.8 Å². The third-order valence-electron chi connectivity index (χ3n) is 5.14. The third kappa shape index (κ3) is 4.44. The number of rotatable bonds is 1. The van der Waals surface area contributed by atoms with Crippen LogP contribution >= 0.6 is 0 Å². The monoisotopic (exact) mass is 330 g/mol. The van der Waals surface area contributed by atoms with Crippen LogP contribution in [0.15, 0.2) is 0 Å². The molecular weight excluding hydrogens is 300 g/mol. The van der Waals surface area contributed by atoms with E-state index in [2.05, 4.69) is 0 Å². The summed E-state index contributed by atoms with van der Waals surface area (Å²) < 4.78 is 10.1. The lowest BCUT2D eigenvalue weighted by atomic mass is 9.85. The lowest BCUT2D eigenvalue weighted by Gasteiger charge is -2.35. The summed E-state index contributed by atoms with van der Waals surface area (Å²) in [4.78, 5) is 22.1. The molecule has 0 amide bonds. The van der Waals surface area contributed by atoms with Crippen molar-refractivity contribution >= 4 is 11.9 Å². The van der Waals surface area contributed by atoms with E-state index in [1.165, 1.54) is 0 Å². The highest BCUT2D eigenvalue weighted by molar-refractivity contribution is 5.74. The Labute approximate surface area is 138 Å². The molecule has 2 rings (SSSR count). The van der Waals surface area contributed by atoms with Crippen molar-refractivity contribution in [1.29, 1.82) is 0 Å². The highest BCUT2D eigenvalue weighted by Crippen LogP contribution is 2.27. The van der Waals surface area contributed by atoms with Crippen molar-refractivity contribution in [3.8, 4) is 0 Å². The molecule has 8 atom stereocenters. The standard InChI is InChI=1S/C9H16O3.C8H14O3/c1-4-7-5(2)8(10)6(3)9(11)12-7;1-4-6(3)11-8(10)5(2)7(4)9/h5-8,10H,4H2,1-3H3;4-7,9H,1-3H3/t5-,6-,7+,8+;4-,5-,6+,7+/m11/s1. The van der Waals surface area contributed by atoms with Crippen LogP contribution in [0.2, 0.25) is 0 Å². The molecule has 134 valence electrons. The Morgan fingerprint density at radius 1 is 0.826 bits per heavy atom. The van der Waals surface area contributed by atoms with Gasteiger partial charge in [-0.1, -0.05) is 20.8 Å². The van der Waals surface area contributed by atoms with Crippen LogP contribution in [0, 0.1) is 23.7 Å². The predicted molar refractivity (Wildman–Crippen MR) is 84.4 cm³/mol. The van der Waals surface area contributed by atoms with Crippen LogP contribution in [0.3, 0.4) is 0 Å². The van der Waals surface area contributed by atoms with Crippen LogP contribution in [-0.4, -0.2) is 46.6 Å². The maximum absolute atomic E-state index is 11.1. The fourth-order valence-electron chi connectivity index (χ4n) is 2.90. The van der Waals surface area contributed by atoms with Gasteiger partial charge in [0.1, 0.15) is 12.2 Å². The molecule has 2 N–H and O–H groups in total. The number of hydrogen-bond donors (Lipinski definition) is 2. The number of carbonyl (C=O) groups excluding carboxylic acids is 2. The Morgan fingerprint density at radius 3 is 1.74 bits per heavy atom. The highest BCUT2D eigenvalue weighted by atomic mass is 16.6. The van der Waals surface area contributed by atoms with Gasteiger partial charge in [-0.3, -0.25) is 9.59 Å². The molecule has 2 saturated heterocycles. The molecule has 0 aromatic heterocycles. The van der Waals surface area contributed by atoms with E-state index in [4.69, 9.17) is 9.47 Å². The van der Waals surface area contributed by atoms with Crippen molar-refractivity contribution in [3.63, 3.8) is 0 Å². The molecule has 0 aromatic rings. The number of aliphatic hydroxyl groups is 2. The van der Waals surface area contributed by atoms with E-state index in [9.17, 15) is 19.8 Å². The van der Waals surface area contributed by atoms with Gasteiger partial charge >= 0.3 is 11.9 Å². The van der Waals surface area contributed by atoms with Gasteiger partial charge in [-0.25, -0.2) is 0 Å². The molecule has 2 fully saturated rings. The Kier molecular flexibility index (Phi) is 7.02. The molecule has 6 heteroatoms. The summed E-state index contributed by atoms with van der Waals surface area (Å²) in [6.45, 7) is 11.0. The maximum atomic E-state index is 11.1. The topological polar surface area (TPSA) is 93.1 Å². The Morgan fingerprint density at radius 2 is 1.26 bits per heavy atom. The zero-order valence-electron chi connectivity index (χ0n) is 14.9. The van der Waals surface area contributed by atoms with Gasteiger partial charge < -0.3 is 19.7 Å². The van der Waals surface area contributed by atoms with Gasteiger partial charge in [0.2, 0.25) is 0 Å². The molecule has 0 aliphatic carbocycles. The zero-order valence-corrected chi connectivity index (χ0v) is 14.9. The van der Waals surface area contributed by atoms with Gasteiger partial charge in [0.25, 0.3) is 0 Å². The van der Waals surface area contributed by atoms with Crippen molar-refractivity contribution in [3.05, 3.63) is 0 Å². The fraction of sp³-hybridized carbons (Fsp3) is 0.882. The van der Waals surface area contributed by atoms with Gasteiger partial charge in [0, 0.05) is 11.8 Å². The van der Waals surface area contributed by atoms with Crippen LogP contribution in [0.25, 0.3) is 0 Å². The normalized spacial score (nSPS) is 43.8. The number of ether oxygens (including phenoxy) is 2. The van der Waals surface area contributed by atoms with Crippen molar-refractivity contribution in [2.75, 3.05) is 0 Å². The number of cyclic esters (lactones) is 2. The number of aliphatic hydroxyl groups excluding tert-OH is 2. The summed E-state index contributed by atoms with van der Waals surface area (Å²) in [5, 5.41) is 19.1. The Balaban J connectivity index is 0.000000231. The van der Waals surface area contributed by atoms with Gasteiger partial charge in [-0.2, -0.15) is 0 Å².